The number of carbonyl (C=O) groups is 1. The van der Waals surface area contributed by atoms with Crippen molar-refractivity contribution >= 4 is 17.5 Å². The van der Waals surface area contributed by atoms with Gasteiger partial charge in [0, 0.05) is 10.6 Å². The van der Waals surface area contributed by atoms with E-state index in [9.17, 15) is 9.90 Å². The molecule has 3 nitrogen and oxygen atoms in total. The van der Waals surface area contributed by atoms with Gasteiger partial charge in [0.2, 0.25) is 0 Å². The van der Waals surface area contributed by atoms with E-state index in [4.69, 9.17) is 11.6 Å². The highest BCUT2D eigenvalue weighted by molar-refractivity contribution is 6.30. The summed E-state index contributed by atoms with van der Waals surface area (Å²) in [5.74, 6) is -0.196. The SMILES string of the molecule is Cc1cc(C(=O)NC(C)(C)CO)cc(-c2ccc(Cl)cc2)c1. The number of rotatable bonds is 4. The molecule has 0 bridgehead atoms. The first kappa shape index (κ1) is 16.5. The highest BCUT2D eigenvalue weighted by atomic mass is 35.5. The van der Waals surface area contributed by atoms with Crippen molar-refractivity contribution in [1.82, 2.24) is 5.32 Å². The number of hydrogen-bond donors (Lipinski definition) is 2. The Morgan fingerprint density at radius 3 is 2.36 bits per heavy atom. The average molecular weight is 318 g/mol. The summed E-state index contributed by atoms with van der Waals surface area (Å²) in [5, 5.41) is 12.8. The van der Waals surface area contributed by atoms with Crippen LogP contribution < -0.4 is 5.32 Å². The summed E-state index contributed by atoms with van der Waals surface area (Å²) in [4.78, 5) is 12.4. The van der Waals surface area contributed by atoms with Crippen LogP contribution in [0, 0.1) is 6.92 Å². The van der Waals surface area contributed by atoms with Crippen molar-refractivity contribution in [3.05, 3.63) is 58.6 Å². The molecule has 0 aliphatic carbocycles. The van der Waals surface area contributed by atoms with Gasteiger partial charge in [0.1, 0.15) is 0 Å². The molecule has 0 unspecified atom stereocenters. The number of amides is 1. The van der Waals surface area contributed by atoms with Crippen molar-refractivity contribution in [2.45, 2.75) is 26.3 Å². The molecule has 0 aliphatic heterocycles. The Morgan fingerprint density at radius 2 is 1.77 bits per heavy atom. The average Bonchev–Trinajstić information content (AvgIpc) is 2.47. The number of halogens is 1. The highest BCUT2D eigenvalue weighted by Crippen LogP contribution is 2.24. The number of aliphatic hydroxyl groups is 1. The maximum Gasteiger partial charge on any atom is 0.251 e. The van der Waals surface area contributed by atoms with Crippen LogP contribution >= 0.6 is 11.6 Å². The van der Waals surface area contributed by atoms with Crippen LogP contribution in [0.1, 0.15) is 29.8 Å². The summed E-state index contributed by atoms with van der Waals surface area (Å²) in [6.07, 6.45) is 0. The molecule has 0 saturated heterocycles. The van der Waals surface area contributed by atoms with Crippen LogP contribution in [0.4, 0.5) is 0 Å². The van der Waals surface area contributed by atoms with Crippen LogP contribution in [0.5, 0.6) is 0 Å². The van der Waals surface area contributed by atoms with E-state index in [2.05, 4.69) is 5.32 Å². The maximum atomic E-state index is 12.4. The molecular formula is C18H20ClNO2. The Morgan fingerprint density at radius 1 is 1.14 bits per heavy atom. The minimum atomic E-state index is -0.652. The predicted molar refractivity (Wildman–Crippen MR) is 90.3 cm³/mol. The maximum absolute atomic E-state index is 12.4. The summed E-state index contributed by atoms with van der Waals surface area (Å²) < 4.78 is 0. The van der Waals surface area contributed by atoms with E-state index in [1.807, 2.05) is 49.4 Å². The first-order chi connectivity index (χ1) is 10.3. The molecule has 2 N–H and O–H groups in total. The molecule has 22 heavy (non-hydrogen) atoms. The van der Waals surface area contributed by atoms with E-state index in [1.165, 1.54) is 0 Å². The van der Waals surface area contributed by atoms with E-state index in [1.54, 1.807) is 13.8 Å². The molecule has 2 aromatic rings. The second-order valence-corrected chi connectivity index (χ2v) is 6.53. The third-order valence-electron chi connectivity index (χ3n) is 3.36. The van der Waals surface area contributed by atoms with E-state index < -0.39 is 5.54 Å². The molecule has 0 heterocycles. The van der Waals surface area contributed by atoms with Gasteiger partial charge in [-0.05, 0) is 61.7 Å². The Labute approximate surface area is 135 Å². The molecule has 0 aliphatic rings. The van der Waals surface area contributed by atoms with Crippen LogP contribution in [-0.4, -0.2) is 23.2 Å². The van der Waals surface area contributed by atoms with E-state index in [0.29, 0.717) is 10.6 Å². The smallest absolute Gasteiger partial charge is 0.251 e. The third-order valence-corrected chi connectivity index (χ3v) is 3.62. The summed E-state index contributed by atoms with van der Waals surface area (Å²) in [5.41, 5.74) is 2.89. The first-order valence-electron chi connectivity index (χ1n) is 7.12. The lowest BCUT2D eigenvalue weighted by molar-refractivity contribution is 0.0869. The lowest BCUT2D eigenvalue weighted by Crippen LogP contribution is -2.46. The normalized spacial score (nSPS) is 11.3. The van der Waals surface area contributed by atoms with Gasteiger partial charge in [0.25, 0.3) is 5.91 Å². The number of hydrogen-bond acceptors (Lipinski definition) is 2. The van der Waals surface area contributed by atoms with Gasteiger partial charge >= 0.3 is 0 Å². The van der Waals surface area contributed by atoms with E-state index >= 15 is 0 Å². The zero-order valence-electron chi connectivity index (χ0n) is 13.0. The Kier molecular flexibility index (Phi) is 4.89. The number of benzene rings is 2. The van der Waals surface area contributed by atoms with Crippen LogP contribution in [0.15, 0.2) is 42.5 Å². The summed E-state index contributed by atoms with van der Waals surface area (Å²) in [6, 6.07) is 13.2. The molecule has 0 aromatic heterocycles. The van der Waals surface area contributed by atoms with Crippen molar-refractivity contribution in [3.8, 4) is 11.1 Å². The molecule has 0 radical (unpaired) electrons. The van der Waals surface area contributed by atoms with Gasteiger partial charge in [-0.2, -0.15) is 0 Å². The van der Waals surface area contributed by atoms with E-state index in [-0.39, 0.29) is 12.5 Å². The minimum Gasteiger partial charge on any atom is -0.394 e. The van der Waals surface area contributed by atoms with Crippen LogP contribution in [0.3, 0.4) is 0 Å². The number of nitrogens with one attached hydrogen (secondary N) is 1. The van der Waals surface area contributed by atoms with Crippen molar-refractivity contribution in [2.24, 2.45) is 0 Å². The van der Waals surface area contributed by atoms with Crippen LogP contribution in [0.2, 0.25) is 5.02 Å². The summed E-state index contributed by atoms with van der Waals surface area (Å²) >= 11 is 5.91. The predicted octanol–water partition coefficient (Wildman–Crippen LogP) is 3.82. The molecule has 0 spiro atoms. The van der Waals surface area contributed by atoms with Gasteiger partial charge in [-0.15, -0.1) is 0 Å². The summed E-state index contributed by atoms with van der Waals surface area (Å²) in [6.45, 7) is 5.39. The zero-order valence-corrected chi connectivity index (χ0v) is 13.7. The molecular weight excluding hydrogens is 298 g/mol. The summed E-state index contributed by atoms with van der Waals surface area (Å²) in [7, 11) is 0. The second kappa shape index (κ2) is 6.51. The number of aliphatic hydroxyl groups excluding tert-OH is 1. The molecule has 4 heteroatoms. The zero-order chi connectivity index (χ0) is 16.3. The van der Waals surface area contributed by atoms with Gasteiger partial charge in [-0.25, -0.2) is 0 Å². The standard InChI is InChI=1S/C18H20ClNO2/c1-12-8-14(13-4-6-16(19)7-5-13)10-15(9-12)17(22)20-18(2,3)11-21/h4-10,21H,11H2,1-3H3,(H,20,22). The van der Waals surface area contributed by atoms with Crippen LogP contribution in [-0.2, 0) is 0 Å². The lowest BCUT2D eigenvalue weighted by atomic mass is 9.99. The first-order valence-corrected chi connectivity index (χ1v) is 7.49. The molecule has 0 fully saturated rings. The number of carbonyl (C=O) groups excluding carboxylic acids is 1. The van der Waals surface area contributed by atoms with Gasteiger partial charge in [0.15, 0.2) is 0 Å². The molecule has 116 valence electrons. The second-order valence-electron chi connectivity index (χ2n) is 6.09. The quantitative estimate of drug-likeness (QED) is 0.900. The highest BCUT2D eigenvalue weighted by Gasteiger charge is 2.20. The Hall–Kier alpha value is -1.84. The van der Waals surface area contributed by atoms with Gasteiger partial charge in [0.05, 0.1) is 12.1 Å². The van der Waals surface area contributed by atoms with Gasteiger partial charge in [-0.1, -0.05) is 29.8 Å². The molecule has 2 rings (SSSR count). The molecule has 0 saturated carbocycles. The largest absolute Gasteiger partial charge is 0.394 e. The fourth-order valence-corrected chi connectivity index (χ4v) is 2.27. The van der Waals surface area contributed by atoms with Gasteiger partial charge in [-0.3, -0.25) is 4.79 Å². The minimum absolute atomic E-state index is 0.116. The van der Waals surface area contributed by atoms with Crippen LogP contribution in [0.25, 0.3) is 11.1 Å². The topological polar surface area (TPSA) is 49.3 Å². The van der Waals surface area contributed by atoms with Crippen molar-refractivity contribution in [1.29, 1.82) is 0 Å². The molecule has 1 amide bonds. The Balaban J connectivity index is 2.34. The fraction of sp³-hybridized carbons (Fsp3) is 0.278. The van der Waals surface area contributed by atoms with Gasteiger partial charge < -0.3 is 10.4 Å². The third kappa shape index (κ3) is 4.09. The number of aryl methyl sites for hydroxylation is 1. The van der Waals surface area contributed by atoms with Crippen molar-refractivity contribution in [2.75, 3.05) is 6.61 Å². The Bertz CT molecular complexity index is 678. The lowest BCUT2D eigenvalue weighted by Gasteiger charge is -2.23. The van der Waals surface area contributed by atoms with Crippen molar-refractivity contribution < 1.29 is 9.90 Å². The molecule has 0 atom stereocenters. The van der Waals surface area contributed by atoms with Crippen molar-refractivity contribution in [3.63, 3.8) is 0 Å². The van der Waals surface area contributed by atoms with E-state index in [0.717, 1.165) is 16.7 Å². The monoisotopic (exact) mass is 317 g/mol. The molecule has 2 aromatic carbocycles. The fourth-order valence-electron chi connectivity index (χ4n) is 2.14.